The molecule has 0 amide bonds. The van der Waals surface area contributed by atoms with Crippen LogP contribution in [-0.4, -0.2) is 42.7 Å². The molecule has 156 valence electrons. The fourth-order valence-electron chi connectivity index (χ4n) is 3.34. The highest BCUT2D eigenvalue weighted by molar-refractivity contribution is 7.86. The van der Waals surface area contributed by atoms with Gasteiger partial charge in [0, 0.05) is 0 Å². The minimum absolute atomic E-state index is 0.409. The number of rotatable bonds is 5. The summed E-state index contributed by atoms with van der Waals surface area (Å²) in [5.74, 6) is -5.96. The molecule has 1 aromatic rings. The molecule has 1 saturated carbocycles. The Labute approximate surface area is 166 Å². The van der Waals surface area contributed by atoms with Gasteiger partial charge in [0.25, 0.3) is 5.69 Å². The summed E-state index contributed by atoms with van der Waals surface area (Å²) in [6.45, 7) is 5.18. The Hall–Kier alpha value is -2.95. The molecular formula is C18H19NO9S. The Kier molecular flexibility index (Phi) is 5.26. The van der Waals surface area contributed by atoms with E-state index in [-0.39, 0.29) is 0 Å². The van der Waals surface area contributed by atoms with Crippen molar-refractivity contribution in [3.63, 3.8) is 0 Å². The lowest BCUT2D eigenvalue weighted by Gasteiger charge is -2.39. The second kappa shape index (κ2) is 6.83. The lowest BCUT2D eigenvalue weighted by molar-refractivity contribution is -0.385. The van der Waals surface area contributed by atoms with Gasteiger partial charge < -0.3 is 4.18 Å². The van der Waals surface area contributed by atoms with Crippen molar-refractivity contribution in [2.24, 2.45) is 16.7 Å². The van der Waals surface area contributed by atoms with Gasteiger partial charge in [-0.1, -0.05) is 0 Å². The highest BCUT2D eigenvalue weighted by atomic mass is 32.2. The summed E-state index contributed by atoms with van der Waals surface area (Å²) >= 11 is 0. The van der Waals surface area contributed by atoms with Crippen LogP contribution >= 0.6 is 0 Å². The van der Waals surface area contributed by atoms with Crippen molar-refractivity contribution >= 4 is 38.9 Å². The standard InChI is InChI=1S/C18H19NO9S/c1-17(2)14(21)12(15(22)18(3,4)16(17)23)13(20)10-7-6-9(28-29(5,26)27)8-11(10)19(24)25/h6-8,12H,1-5H3. The summed E-state index contributed by atoms with van der Waals surface area (Å²) < 4.78 is 27.0. The molecule has 1 aliphatic carbocycles. The van der Waals surface area contributed by atoms with E-state index in [0.29, 0.717) is 6.07 Å². The molecule has 0 saturated heterocycles. The minimum atomic E-state index is -3.98. The zero-order chi connectivity index (χ0) is 22.5. The lowest BCUT2D eigenvalue weighted by atomic mass is 9.57. The van der Waals surface area contributed by atoms with E-state index in [0.717, 1.165) is 18.4 Å². The third-order valence-electron chi connectivity index (χ3n) is 4.83. The third-order valence-corrected chi connectivity index (χ3v) is 5.33. The van der Waals surface area contributed by atoms with Crippen LogP contribution in [0.25, 0.3) is 0 Å². The van der Waals surface area contributed by atoms with Gasteiger partial charge in [-0.3, -0.25) is 29.3 Å². The topological polar surface area (TPSA) is 155 Å². The minimum Gasteiger partial charge on any atom is -0.382 e. The van der Waals surface area contributed by atoms with Crippen molar-refractivity contribution in [2.45, 2.75) is 27.7 Å². The number of Topliss-reactive ketones (excluding diaryl/α,β-unsaturated/α-hetero) is 4. The molecule has 10 nitrogen and oxygen atoms in total. The normalized spacial score (nSPS) is 19.1. The molecule has 11 heteroatoms. The maximum atomic E-state index is 13.0. The van der Waals surface area contributed by atoms with Gasteiger partial charge in [-0.15, -0.1) is 0 Å². The Morgan fingerprint density at radius 2 is 1.55 bits per heavy atom. The van der Waals surface area contributed by atoms with E-state index in [2.05, 4.69) is 4.18 Å². The molecule has 0 atom stereocenters. The van der Waals surface area contributed by atoms with E-state index in [1.54, 1.807) is 0 Å². The van der Waals surface area contributed by atoms with E-state index < -0.39 is 71.9 Å². The molecule has 1 fully saturated rings. The van der Waals surface area contributed by atoms with Crippen LogP contribution in [0.4, 0.5) is 5.69 Å². The molecule has 0 spiro atoms. The molecule has 29 heavy (non-hydrogen) atoms. The fraction of sp³-hybridized carbons (Fsp3) is 0.444. The van der Waals surface area contributed by atoms with Crippen LogP contribution in [-0.2, 0) is 24.5 Å². The number of hydrogen-bond acceptors (Lipinski definition) is 9. The number of hydrogen-bond donors (Lipinski definition) is 0. The van der Waals surface area contributed by atoms with Crippen LogP contribution < -0.4 is 4.18 Å². The number of nitrogens with zero attached hydrogens (tertiary/aromatic N) is 1. The van der Waals surface area contributed by atoms with Gasteiger partial charge in [-0.05, 0) is 39.8 Å². The molecule has 0 radical (unpaired) electrons. The van der Waals surface area contributed by atoms with Crippen molar-refractivity contribution in [3.8, 4) is 5.75 Å². The smallest absolute Gasteiger partial charge is 0.306 e. The van der Waals surface area contributed by atoms with Crippen LogP contribution in [0.1, 0.15) is 38.1 Å². The summed E-state index contributed by atoms with van der Waals surface area (Å²) in [6, 6.07) is 2.63. The van der Waals surface area contributed by atoms with E-state index >= 15 is 0 Å². The Morgan fingerprint density at radius 3 is 1.97 bits per heavy atom. The van der Waals surface area contributed by atoms with Gasteiger partial charge in [-0.25, -0.2) is 0 Å². The highest BCUT2D eigenvalue weighted by Gasteiger charge is 2.60. The van der Waals surface area contributed by atoms with Crippen LogP contribution in [0, 0.1) is 26.9 Å². The SMILES string of the molecule is CC1(C)C(=O)C(C(=O)c2ccc(OS(C)(=O)=O)cc2[N+](=O)[O-])C(=O)C(C)(C)C1=O. The average Bonchev–Trinajstić information content (AvgIpc) is 2.58. The molecule has 1 aliphatic rings. The molecule has 0 N–H and O–H groups in total. The zero-order valence-corrected chi connectivity index (χ0v) is 17.2. The van der Waals surface area contributed by atoms with Gasteiger partial charge in [0.2, 0.25) is 0 Å². The van der Waals surface area contributed by atoms with Gasteiger partial charge >= 0.3 is 10.1 Å². The summed E-state index contributed by atoms with van der Waals surface area (Å²) in [7, 11) is -3.98. The predicted octanol–water partition coefficient (Wildman–Crippen LogP) is 1.51. The van der Waals surface area contributed by atoms with E-state index in [1.165, 1.54) is 27.7 Å². The summed E-state index contributed by atoms with van der Waals surface area (Å²) in [6.07, 6.45) is 0.735. The van der Waals surface area contributed by atoms with Gasteiger partial charge in [-0.2, -0.15) is 8.42 Å². The first-order chi connectivity index (χ1) is 13.0. The quantitative estimate of drug-likeness (QED) is 0.224. The summed E-state index contributed by atoms with van der Waals surface area (Å²) in [4.78, 5) is 61.5. The van der Waals surface area contributed by atoms with Crippen LogP contribution in [0.3, 0.4) is 0 Å². The average molecular weight is 425 g/mol. The molecule has 0 unspecified atom stereocenters. The third kappa shape index (κ3) is 3.82. The Balaban J connectivity index is 2.61. The maximum Gasteiger partial charge on any atom is 0.306 e. The first kappa shape index (κ1) is 22.3. The monoisotopic (exact) mass is 425 g/mol. The van der Waals surface area contributed by atoms with E-state index in [1.807, 2.05) is 0 Å². The van der Waals surface area contributed by atoms with E-state index in [9.17, 15) is 37.7 Å². The summed E-state index contributed by atoms with van der Waals surface area (Å²) in [5, 5.41) is 11.4. The first-order valence-corrected chi connectivity index (χ1v) is 10.2. The van der Waals surface area contributed by atoms with Crippen molar-refractivity contribution in [3.05, 3.63) is 33.9 Å². The number of carbonyl (C=O) groups excluding carboxylic acids is 4. The molecule has 0 heterocycles. The van der Waals surface area contributed by atoms with Crippen molar-refractivity contribution < 1.29 is 36.7 Å². The molecule has 1 aromatic carbocycles. The van der Waals surface area contributed by atoms with Crippen molar-refractivity contribution in [1.82, 2.24) is 0 Å². The van der Waals surface area contributed by atoms with Crippen LogP contribution in [0.2, 0.25) is 0 Å². The highest BCUT2D eigenvalue weighted by Crippen LogP contribution is 2.42. The molecule has 2 rings (SSSR count). The number of nitro groups is 1. The van der Waals surface area contributed by atoms with Crippen molar-refractivity contribution in [1.29, 1.82) is 0 Å². The number of ketones is 4. The second-order valence-electron chi connectivity index (χ2n) is 7.83. The maximum absolute atomic E-state index is 13.0. The number of benzene rings is 1. The van der Waals surface area contributed by atoms with Gasteiger partial charge in [0.1, 0.15) is 11.7 Å². The molecule has 0 aliphatic heterocycles. The molecular weight excluding hydrogens is 406 g/mol. The second-order valence-corrected chi connectivity index (χ2v) is 9.40. The lowest BCUT2D eigenvalue weighted by Crippen LogP contribution is -2.59. The van der Waals surface area contributed by atoms with Gasteiger partial charge in [0.15, 0.2) is 23.1 Å². The van der Waals surface area contributed by atoms with Crippen LogP contribution in [0.15, 0.2) is 18.2 Å². The van der Waals surface area contributed by atoms with E-state index in [4.69, 9.17) is 0 Å². The molecule has 0 aromatic heterocycles. The number of nitro benzene ring substituents is 1. The summed E-state index contributed by atoms with van der Waals surface area (Å²) in [5.41, 5.74) is -4.66. The first-order valence-electron chi connectivity index (χ1n) is 8.37. The predicted molar refractivity (Wildman–Crippen MR) is 99.0 cm³/mol. The Bertz CT molecular complexity index is 1040. The zero-order valence-electron chi connectivity index (χ0n) is 16.3. The Morgan fingerprint density at radius 1 is 1.07 bits per heavy atom. The van der Waals surface area contributed by atoms with Crippen molar-refractivity contribution in [2.75, 3.05) is 6.26 Å². The van der Waals surface area contributed by atoms with Gasteiger partial charge in [0.05, 0.1) is 33.6 Å². The number of carbonyl (C=O) groups is 4. The molecule has 0 bridgehead atoms. The fourth-order valence-corrected chi connectivity index (χ4v) is 3.79. The largest absolute Gasteiger partial charge is 0.382 e. The van der Waals surface area contributed by atoms with Crippen LogP contribution in [0.5, 0.6) is 5.75 Å².